The Kier molecular flexibility index (Phi) is 3.22. The van der Waals surface area contributed by atoms with Gasteiger partial charge in [0.2, 0.25) is 0 Å². The van der Waals surface area contributed by atoms with Gasteiger partial charge in [0.1, 0.15) is 10.2 Å². The molecule has 3 nitrogen and oxygen atoms in total. The van der Waals surface area contributed by atoms with Crippen LogP contribution in [0.25, 0.3) is 0 Å². The van der Waals surface area contributed by atoms with E-state index < -0.39 is 11.8 Å². The first-order valence-electron chi connectivity index (χ1n) is 3.16. The number of carbonyl (C=O) groups excluding carboxylic acids is 1. The Labute approximate surface area is 87.0 Å². The fourth-order valence-corrected chi connectivity index (χ4v) is 1.43. The predicted octanol–water partition coefficient (Wildman–Crippen LogP) is 2.42. The van der Waals surface area contributed by atoms with Crippen LogP contribution in [-0.2, 0) is 4.74 Å². The Morgan fingerprint density at radius 1 is 1.77 bits per heavy atom. The van der Waals surface area contributed by atoms with Gasteiger partial charge in [-0.3, -0.25) is 0 Å². The monoisotopic (exact) mass is 267 g/mol. The van der Waals surface area contributed by atoms with Crippen molar-refractivity contribution in [3.8, 4) is 0 Å². The van der Waals surface area contributed by atoms with Crippen LogP contribution in [0, 0.1) is 5.82 Å². The molecule has 0 amide bonds. The molecule has 0 aliphatic rings. The largest absolute Gasteiger partial charge is 0.465 e. The van der Waals surface area contributed by atoms with Crippen LogP contribution < -0.4 is 0 Å². The second-order valence-electron chi connectivity index (χ2n) is 2.09. The molecule has 1 aromatic rings. The smallest absolute Gasteiger partial charge is 0.341 e. The highest BCUT2D eigenvalue weighted by Crippen LogP contribution is 2.20. The molecule has 0 saturated heterocycles. The zero-order valence-corrected chi connectivity index (χ0v) is 8.82. The highest BCUT2D eigenvalue weighted by atomic mass is 79.9. The molecule has 0 N–H and O–H groups in total. The van der Waals surface area contributed by atoms with Gasteiger partial charge in [0.25, 0.3) is 0 Å². The van der Waals surface area contributed by atoms with E-state index in [0.29, 0.717) is 0 Å². The van der Waals surface area contributed by atoms with Gasteiger partial charge in [0.15, 0.2) is 11.0 Å². The summed E-state index contributed by atoms with van der Waals surface area (Å²) in [5, 5.41) is -0.366. The van der Waals surface area contributed by atoms with Crippen LogP contribution in [0.2, 0.25) is 5.15 Å². The van der Waals surface area contributed by atoms with Crippen molar-refractivity contribution in [1.29, 1.82) is 0 Å². The lowest BCUT2D eigenvalue weighted by Crippen LogP contribution is -2.05. The Bertz CT molecular complexity index is 359. The molecule has 0 aliphatic heterocycles. The van der Waals surface area contributed by atoms with Crippen molar-refractivity contribution in [2.75, 3.05) is 7.11 Å². The average Bonchev–Trinajstić information content (AvgIpc) is 2.10. The normalized spacial score (nSPS) is 9.85. The van der Waals surface area contributed by atoms with Gasteiger partial charge in [-0.15, -0.1) is 0 Å². The molecule has 0 spiro atoms. The van der Waals surface area contributed by atoms with Crippen molar-refractivity contribution < 1.29 is 13.9 Å². The van der Waals surface area contributed by atoms with Gasteiger partial charge in [0.05, 0.1) is 7.11 Å². The van der Waals surface area contributed by atoms with E-state index in [2.05, 4.69) is 25.7 Å². The van der Waals surface area contributed by atoms with Crippen molar-refractivity contribution in [1.82, 2.24) is 4.98 Å². The molecule has 1 rings (SSSR count). The Morgan fingerprint density at radius 2 is 2.38 bits per heavy atom. The number of hydrogen-bond acceptors (Lipinski definition) is 3. The Morgan fingerprint density at radius 3 is 2.92 bits per heavy atom. The van der Waals surface area contributed by atoms with E-state index in [-0.39, 0.29) is 15.3 Å². The maximum absolute atomic E-state index is 13.1. The van der Waals surface area contributed by atoms with Crippen LogP contribution >= 0.6 is 27.5 Å². The molecule has 70 valence electrons. The van der Waals surface area contributed by atoms with Crippen molar-refractivity contribution in [2.24, 2.45) is 0 Å². The summed E-state index contributed by atoms with van der Waals surface area (Å²) in [6.07, 6.45) is 0. The van der Waals surface area contributed by atoms with Crippen LogP contribution in [0.1, 0.15) is 10.4 Å². The minimum absolute atomic E-state index is 0.241. The zero-order valence-electron chi connectivity index (χ0n) is 6.47. The van der Waals surface area contributed by atoms with Crippen LogP contribution in [0.3, 0.4) is 0 Å². The molecule has 0 aromatic carbocycles. The van der Waals surface area contributed by atoms with Gasteiger partial charge >= 0.3 is 5.97 Å². The van der Waals surface area contributed by atoms with Gasteiger partial charge < -0.3 is 4.74 Å². The second-order valence-corrected chi connectivity index (χ2v) is 3.26. The quantitative estimate of drug-likeness (QED) is 0.580. The summed E-state index contributed by atoms with van der Waals surface area (Å²) in [5.41, 5.74) is -0.241. The number of esters is 1. The fourth-order valence-electron chi connectivity index (χ4n) is 0.727. The number of methoxy groups -OCH3 is 1. The van der Waals surface area contributed by atoms with E-state index in [1.54, 1.807) is 0 Å². The molecule has 0 aliphatic carbocycles. The first-order valence-corrected chi connectivity index (χ1v) is 4.33. The molecular formula is C7H4BrClFNO2. The summed E-state index contributed by atoms with van der Waals surface area (Å²) < 4.78 is 17.7. The lowest BCUT2D eigenvalue weighted by Gasteiger charge is -2.02. The number of pyridine rings is 1. The van der Waals surface area contributed by atoms with E-state index in [1.807, 2.05) is 0 Å². The van der Waals surface area contributed by atoms with Crippen LogP contribution in [0.4, 0.5) is 4.39 Å². The van der Waals surface area contributed by atoms with E-state index in [9.17, 15) is 9.18 Å². The Balaban J connectivity index is 3.28. The SMILES string of the molecule is COC(=O)c1cc(Br)nc(Cl)c1F. The van der Waals surface area contributed by atoms with E-state index >= 15 is 0 Å². The highest BCUT2D eigenvalue weighted by molar-refractivity contribution is 9.10. The summed E-state index contributed by atoms with van der Waals surface area (Å²) in [6, 6.07) is 1.20. The third-order valence-electron chi connectivity index (χ3n) is 1.29. The summed E-state index contributed by atoms with van der Waals surface area (Å²) >= 11 is 8.37. The van der Waals surface area contributed by atoms with Gasteiger partial charge in [-0.05, 0) is 22.0 Å². The van der Waals surface area contributed by atoms with Gasteiger partial charge in [-0.25, -0.2) is 14.2 Å². The summed E-state index contributed by atoms with van der Waals surface area (Å²) in [4.78, 5) is 14.5. The Hall–Kier alpha value is -0.680. The van der Waals surface area contributed by atoms with Gasteiger partial charge in [0, 0.05) is 0 Å². The lowest BCUT2D eigenvalue weighted by molar-refractivity contribution is 0.0595. The van der Waals surface area contributed by atoms with E-state index in [1.165, 1.54) is 6.07 Å². The zero-order chi connectivity index (χ0) is 10.0. The van der Waals surface area contributed by atoms with Crippen LogP contribution in [0.5, 0.6) is 0 Å². The number of hydrogen-bond donors (Lipinski definition) is 0. The highest BCUT2D eigenvalue weighted by Gasteiger charge is 2.16. The molecular weight excluding hydrogens is 264 g/mol. The molecule has 1 aromatic heterocycles. The standard InChI is InChI=1S/C7H4BrClFNO2/c1-13-7(12)3-2-4(8)11-6(9)5(3)10/h2H,1H3. The number of carbonyl (C=O) groups is 1. The molecule has 0 unspecified atom stereocenters. The first kappa shape index (κ1) is 10.4. The van der Waals surface area contributed by atoms with Crippen molar-refractivity contribution >= 4 is 33.5 Å². The van der Waals surface area contributed by atoms with Crippen molar-refractivity contribution in [2.45, 2.75) is 0 Å². The third kappa shape index (κ3) is 2.16. The number of aromatic nitrogens is 1. The molecule has 0 radical (unpaired) electrons. The molecule has 0 fully saturated rings. The number of nitrogens with zero attached hydrogens (tertiary/aromatic N) is 1. The van der Waals surface area contributed by atoms with Gasteiger partial charge in [-0.2, -0.15) is 0 Å². The summed E-state index contributed by atoms with van der Waals surface area (Å²) in [5.74, 6) is -1.67. The molecule has 0 atom stereocenters. The van der Waals surface area contributed by atoms with Crippen LogP contribution in [-0.4, -0.2) is 18.1 Å². The minimum Gasteiger partial charge on any atom is -0.465 e. The molecule has 6 heteroatoms. The predicted molar refractivity (Wildman–Crippen MR) is 48.2 cm³/mol. The maximum Gasteiger partial charge on any atom is 0.341 e. The average molecular weight is 268 g/mol. The molecule has 0 saturated carbocycles. The van der Waals surface area contributed by atoms with Crippen molar-refractivity contribution in [3.63, 3.8) is 0 Å². The summed E-state index contributed by atoms with van der Waals surface area (Å²) in [6.45, 7) is 0. The number of ether oxygens (including phenoxy) is 1. The van der Waals surface area contributed by atoms with Crippen molar-refractivity contribution in [3.05, 3.63) is 27.2 Å². The van der Waals surface area contributed by atoms with E-state index in [4.69, 9.17) is 11.6 Å². The minimum atomic E-state index is -0.878. The van der Waals surface area contributed by atoms with Crippen LogP contribution in [0.15, 0.2) is 10.7 Å². The fraction of sp³-hybridized carbons (Fsp3) is 0.143. The first-order chi connectivity index (χ1) is 6.06. The maximum atomic E-state index is 13.1. The lowest BCUT2D eigenvalue weighted by atomic mass is 10.2. The second kappa shape index (κ2) is 4.02. The number of rotatable bonds is 1. The van der Waals surface area contributed by atoms with E-state index in [0.717, 1.165) is 7.11 Å². The molecule has 13 heavy (non-hydrogen) atoms. The third-order valence-corrected chi connectivity index (χ3v) is 1.95. The number of halogens is 3. The van der Waals surface area contributed by atoms with Gasteiger partial charge in [-0.1, -0.05) is 11.6 Å². The summed E-state index contributed by atoms with van der Waals surface area (Å²) in [7, 11) is 1.16. The molecule has 0 bridgehead atoms. The topological polar surface area (TPSA) is 39.2 Å². The molecule has 1 heterocycles.